The number of aryl methyl sites for hydroxylation is 1. The molecule has 0 bridgehead atoms. The van der Waals surface area contributed by atoms with Crippen molar-refractivity contribution in [1.82, 2.24) is 5.32 Å². The summed E-state index contributed by atoms with van der Waals surface area (Å²) in [7, 11) is 0. The van der Waals surface area contributed by atoms with Crippen molar-refractivity contribution in [3.8, 4) is 0 Å². The number of benzene rings is 2. The zero-order chi connectivity index (χ0) is 18.6. The summed E-state index contributed by atoms with van der Waals surface area (Å²) in [6, 6.07) is 11.3. The van der Waals surface area contributed by atoms with Crippen molar-refractivity contribution < 1.29 is 19.1 Å². The Kier molecular flexibility index (Phi) is 6.20. The molecule has 1 amide bonds. The van der Waals surface area contributed by atoms with Crippen molar-refractivity contribution in [3.63, 3.8) is 0 Å². The van der Waals surface area contributed by atoms with Gasteiger partial charge in [0.25, 0.3) is 5.91 Å². The molecule has 2 atom stereocenters. The molecule has 0 fully saturated rings. The van der Waals surface area contributed by atoms with Crippen molar-refractivity contribution in [2.75, 3.05) is 0 Å². The highest BCUT2D eigenvalue weighted by molar-refractivity contribution is 8.00. The smallest absolute Gasteiger partial charge is 0.316 e. The Labute approximate surface area is 150 Å². The molecule has 2 N–H and O–H groups in total. The summed E-state index contributed by atoms with van der Waals surface area (Å²) in [4.78, 5) is 24.2. The van der Waals surface area contributed by atoms with Crippen molar-refractivity contribution >= 4 is 23.6 Å². The highest BCUT2D eigenvalue weighted by Gasteiger charge is 2.19. The molecule has 0 spiro atoms. The molecule has 0 aromatic heterocycles. The SMILES string of the molecule is Cc1ccc(C(C)NC(=O)c2ccccc2SC(C)C(=O)O)cc1F. The molecule has 0 radical (unpaired) electrons. The summed E-state index contributed by atoms with van der Waals surface area (Å²) in [5.41, 5.74) is 1.62. The first kappa shape index (κ1) is 19.0. The van der Waals surface area contributed by atoms with Crippen LogP contribution in [-0.4, -0.2) is 22.2 Å². The number of thioether (sulfide) groups is 1. The standard InChI is InChI=1S/C19H20FNO3S/c1-11-8-9-14(10-16(11)20)12(2)21-18(22)15-6-4-5-7-17(15)25-13(3)19(23)24/h4-10,12-13H,1-3H3,(H,21,22)(H,23,24). The van der Waals surface area contributed by atoms with Crippen LogP contribution in [0.4, 0.5) is 4.39 Å². The molecule has 6 heteroatoms. The van der Waals surface area contributed by atoms with Gasteiger partial charge in [-0.05, 0) is 50.1 Å². The van der Waals surface area contributed by atoms with Gasteiger partial charge in [-0.25, -0.2) is 4.39 Å². The number of halogens is 1. The third-order valence-corrected chi connectivity index (χ3v) is 4.99. The fourth-order valence-corrected chi connectivity index (χ4v) is 3.16. The van der Waals surface area contributed by atoms with Crippen molar-refractivity contribution in [3.05, 3.63) is 65.0 Å². The van der Waals surface area contributed by atoms with Crippen LogP contribution in [0.5, 0.6) is 0 Å². The van der Waals surface area contributed by atoms with E-state index < -0.39 is 11.2 Å². The van der Waals surface area contributed by atoms with E-state index in [1.54, 1.807) is 57.2 Å². The van der Waals surface area contributed by atoms with Gasteiger partial charge in [-0.1, -0.05) is 24.3 Å². The predicted octanol–water partition coefficient (Wildman–Crippen LogP) is 4.19. The largest absolute Gasteiger partial charge is 0.480 e. The van der Waals surface area contributed by atoms with Gasteiger partial charge in [0.05, 0.1) is 11.6 Å². The molecule has 2 aromatic rings. The molecule has 4 nitrogen and oxygen atoms in total. The molecule has 2 unspecified atom stereocenters. The van der Waals surface area contributed by atoms with Gasteiger partial charge < -0.3 is 10.4 Å². The normalized spacial score (nSPS) is 13.1. The number of aliphatic carboxylic acids is 1. The minimum atomic E-state index is -0.941. The van der Waals surface area contributed by atoms with Crippen molar-refractivity contribution in [1.29, 1.82) is 0 Å². The van der Waals surface area contributed by atoms with Crippen LogP contribution in [0.2, 0.25) is 0 Å². The number of carboxylic acid groups (broad SMARTS) is 1. The number of hydrogen-bond donors (Lipinski definition) is 2. The van der Waals surface area contributed by atoms with E-state index in [9.17, 15) is 14.0 Å². The van der Waals surface area contributed by atoms with Gasteiger partial charge in [0.2, 0.25) is 0 Å². The zero-order valence-corrected chi connectivity index (χ0v) is 15.1. The Morgan fingerprint density at radius 1 is 1.16 bits per heavy atom. The number of amides is 1. The molecule has 2 rings (SSSR count). The molecule has 0 aliphatic carbocycles. The maximum atomic E-state index is 13.7. The van der Waals surface area contributed by atoms with E-state index in [1.165, 1.54) is 6.07 Å². The average molecular weight is 361 g/mol. The molecular formula is C19H20FNO3S. The highest BCUT2D eigenvalue weighted by Crippen LogP contribution is 2.27. The first-order valence-corrected chi connectivity index (χ1v) is 8.73. The van der Waals surface area contributed by atoms with E-state index >= 15 is 0 Å². The lowest BCUT2D eigenvalue weighted by Crippen LogP contribution is -2.27. The maximum absolute atomic E-state index is 13.7. The number of carboxylic acids is 1. The Hall–Kier alpha value is -2.34. The highest BCUT2D eigenvalue weighted by atomic mass is 32.2. The number of rotatable bonds is 6. The molecule has 0 saturated carbocycles. The van der Waals surface area contributed by atoms with Gasteiger partial charge in [0.1, 0.15) is 11.1 Å². The summed E-state index contributed by atoms with van der Waals surface area (Å²) >= 11 is 1.11. The lowest BCUT2D eigenvalue weighted by molar-refractivity contribution is -0.136. The van der Waals surface area contributed by atoms with Crippen molar-refractivity contribution in [2.24, 2.45) is 0 Å². The summed E-state index contributed by atoms with van der Waals surface area (Å²) in [5.74, 6) is -1.58. The topological polar surface area (TPSA) is 66.4 Å². The molecular weight excluding hydrogens is 341 g/mol. The van der Waals surface area contributed by atoms with E-state index in [1.807, 2.05) is 0 Å². The zero-order valence-electron chi connectivity index (χ0n) is 14.2. The third kappa shape index (κ3) is 4.82. The Balaban J connectivity index is 2.17. The van der Waals surface area contributed by atoms with Gasteiger partial charge in [-0.15, -0.1) is 11.8 Å². The average Bonchev–Trinajstić information content (AvgIpc) is 2.57. The van der Waals surface area contributed by atoms with E-state index in [-0.39, 0.29) is 17.8 Å². The minimum Gasteiger partial charge on any atom is -0.480 e. The van der Waals surface area contributed by atoms with Crippen LogP contribution in [0.25, 0.3) is 0 Å². The second kappa shape index (κ2) is 8.16. The van der Waals surface area contributed by atoms with E-state index in [0.717, 1.165) is 11.8 Å². The number of carbonyl (C=O) groups is 2. The molecule has 0 saturated heterocycles. The van der Waals surface area contributed by atoms with E-state index in [0.29, 0.717) is 21.6 Å². The van der Waals surface area contributed by atoms with E-state index in [4.69, 9.17) is 5.11 Å². The van der Waals surface area contributed by atoms with Crippen LogP contribution < -0.4 is 5.32 Å². The monoisotopic (exact) mass is 361 g/mol. The molecule has 0 heterocycles. The number of hydrogen-bond acceptors (Lipinski definition) is 3. The van der Waals surface area contributed by atoms with Gasteiger partial charge in [-0.2, -0.15) is 0 Å². The third-order valence-electron chi connectivity index (χ3n) is 3.83. The summed E-state index contributed by atoms with van der Waals surface area (Å²) in [6.07, 6.45) is 0. The fraction of sp³-hybridized carbons (Fsp3) is 0.263. The lowest BCUT2D eigenvalue weighted by atomic mass is 10.1. The van der Waals surface area contributed by atoms with Crippen LogP contribution in [-0.2, 0) is 4.79 Å². The second-order valence-electron chi connectivity index (χ2n) is 5.80. The Morgan fingerprint density at radius 3 is 2.48 bits per heavy atom. The first-order valence-electron chi connectivity index (χ1n) is 7.85. The molecule has 132 valence electrons. The van der Waals surface area contributed by atoms with Gasteiger partial charge in [-0.3, -0.25) is 9.59 Å². The Bertz CT molecular complexity index is 794. The summed E-state index contributed by atoms with van der Waals surface area (Å²) < 4.78 is 13.7. The molecule has 2 aromatic carbocycles. The molecule has 0 aliphatic heterocycles. The summed E-state index contributed by atoms with van der Waals surface area (Å²) in [6.45, 7) is 5.02. The van der Waals surface area contributed by atoms with Gasteiger partial charge in [0.15, 0.2) is 0 Å². The first-order chi connectivity index (χ1) is 11.8. The van der Waals surface area contributed by atoms with Gasteiger partial charge in [0, 0.05) is 4.90 Å². The fourth-order valence-electron chi connectivity index (χ4n) is 2.23. The molecule has 0 aliphatic rings. The van der Waals surface area contributed by atoms with Crippen LogP contribution in [0.3, 0.4) is 0 Å². The lowest BCUT2D eigenvalue weighted by Gasteiger charge is -2.17. The van der Waals surface area contributed by atoms with Crippen LogP contribution in [0, 0.1) is 12.7 Å². The minimum absolute atomic E-state index is 0.315. The Morgan fingerprint density at radius 2 is 1.84 bits per heavy atom. The van der Waals surface area contributed by atoms with Crippen LogP contribution in [0.15, 0.2) is 47.4 Å². The van der Waals surface area contributed by atoms with Crippen LogP contribution >= 0.6 is 11.8 Å². The second-order valence-corrected chi connectivity index (χ2v) is 7.18. The van der Waals surface area contributed by atoms with Crippen LogP contribution in [0.1, 0.15) is 41.4 Å². The molecule has 25 heavy (non-hydrogen) atoms. The quantitative estimate of drug-likeness (QED) is 0.757. The maximum Gasteiger partial charge on any atom is 0.316 e. The van der Waals surface area contributed by atoms with Gasteiger partial charge >= 0.3 is 5.97 Å². The van der Waals surface area contributed by atoms with Crippen molar-refractivity contribution in [2.45, 2.75) is 37.0 Å². The number of nitrogens with one attached hydrogen (secondary N) is 1. The predicted molar refractivity (Wildman–Crippen MR) is 96.4 cm³/mol. The number of carbonyl (C=O) groups excluding carboxylic acids is 1. The van der Waals surface area contributed by atoms with E-state index in [2.05, 4.69) is 5.32 Å². The summed E-state index contributed by atoms with van der Waals surface area (Å²) in [5, 5.41) is 11.2.